The van der Waals surface area contributed by atoms with Gasteiger partial charge >= 0.3 is 0 Å². The van der Waals surface area contributed by atoms with Crippen LogP contribution in [-0.4, -0.2) is 118 Å². The molecule has 0 aliphatic rings. The van der Waals surface area contributed by atoms with Crippen LogP contribution < -0.4 is 5.32 Å². The Morgan fingerprint density at radius 1 is 0.776 bits per heavy atom. The van der Waals surface area contributed by atoms with Crippen LogP contribution in [0.1, 0.15) is 117 Å². The summed E-state index contributed by atoms with van der Waals surface area (Å²) in [6.07, 6.45) is 3.63. The van der Waals surface area contributed by atoms with Gasteiger partial charge in [-0.3, -0.25) is 24.0 Å². The number of hydrogen-bond acceptors (Lipinski definition) is 6. The predicted octanol–water partition coefficient (Wildman–Crippen LogP) is 4.97. The molecule has 0 saturated heterocycles. The van der Waals surface area contributed by atoms with Crippen LogP contribution in [0, 0.1) is 23.2 Å². The van der Waals surface area contributed by atoms with Crippen LogP contribution in [0.25, 0.3) is 0 Å². The van der Waals surface area contributed by atoms with Gasteiger partial charge in [0, 0.05) is 39.1 Å². The second kappa shape index (κ2) is 20.0. The smallest absolute Gasteiger partial charge is 0.246 e. The fourth-order valence-corrected chi connectivity index (χ4v) is 5.68. The zero-order chi connectivity index (χ0) is 38.1. The summed E-state index contributed by atoms with van der Waals surface area (Å²) in [4.78, 5) is 75.0. The molecule has 0 heterocycles. The van der Waals surface area contributed by atoms with Crippen LogP contribution in [0.4, 0.5) is 0 Å². The Morgan fingerprint density at radius 2 is 1.27 bits per heavy atom. The number of carbonyl (C=O) groups excluding carboxylic acids is 5. The lowest BCUT2D eigenvalue weighted by atomic mass is 9.91. The van der Waals surface area contributed by atoms with Gasteiger partial charge in [0.15, 0.2) is 0 Å². The lowest BCUT2D eigenvalue weighted by Gasteiger charge is -2.41. The Labute approximate surface area is 299 Å². The molecule has 0 rings (SSSR count). The van der Waals surface area contributed by atoms with Gasteiger partial charge in [-0.05, 0) is 64.7 Å². The van der Waals surface area contributed by atoms with Crippen LogP contribution in [0.15, 0.2) is 12.2 Å². The van der Waals surface area contributed by atoms with E-state index in [9.17, 15) is 29.1 Å². The first-order chi connectivity index (χ1) is 21.8. The maximum absolute atomic E-state index is 14.4. The SMILES string of the molecule is C.C/C=C/C[C@@H](C)[C@@H](O)[C@@H](C(=O)NC(CC)C(=O)N(C)C(C)(C)C)N(C)C(=O)[C@H](C(C)C)N(C)C(=O)[C@H](CC(C)C)N(C)C(=O)C(C)(C)C. The molecule has 11 heteroatoms. The van der Waals surface area contributed by atoms with E-state index in [1.165, 1.54) is 21.7 Å². The van der Waals surface area contributed by atoms with Crippen molar-refractivity contribution in [3.63, 3.8) is 0 Å². The average molecular weight is 696 g/mol. The molecule has 1 unspecified atom stereocenters. The molecule has 2 N–H and O–H groups in total. The Hall–Kier alpha value is -2.95. The van der Waals surface area contributed by atoms with E-state index in [0.717, 1.165) is 0 Å². The normalized spacial score (nSPS) is 15.8. The summed E-state index contributed by atoms with van der Waals surface area (Å²) in [6, 6.07) is -4.02. The third-order valence-electron chi connectivity index (χ3n) is 9.10. The van der Waals surface area contributed by atoms with Gasteiger partial charge in [0.1, 0.15) is 24.2 Å². The number of rotatable bonds is 16. The Bertz CT molecular complexity index is 1120. The van der Waals surface area contributed by atoms with E-state index in [1.54, 1.807) is 60.7 Å². The number of nitrogens with zero attached hydrogens (tertiary/aromatic N) is 4. The maximum Gasteiger partial charge on any atom is 0.246 e. The lowest BCUT2D eigenvalue weighted by molar-refractivity contribution is -0.157. The molecule has 0 aromatic heterocycles. The highest BCUT2D eigenvalue weighted by Crippen LogP contribution is 2.25. The van der Waals surface area contributed by atoms with Crippen LogP contribution >= 0.6 is 0 Å². The van der Waals surface area contributed by atoms with Crippen molar-refractivity contribution in [3.05, 3.63) is 12.2 Å². The molecule has 286 valence electrons. The van der Waals surface area contributed by atoms with Crippen LogP contribution in [0.3, 0.4) is 0 Å². The highest BCUT2D eigenvalue weighted by molar-refractivity contribution is 5.96. The van der Waals surface area contributed by atoms with Gasteiger partial charge in [-0.25, -0.2) is 0 Å². The summed E-state index contributed by atoms with van der Waals surface area (Å²) in [7, 11) is 6.31. The third kappa shape index (κ3) is 13.4. The minimum absolute atomic E-state index is 0. The second-order valence-electron chi connectivity index (χ2n) is 16.2. The Morgan fingerprint density at radius 3 is 1.65 bits per heavy atom. The van der Waals surface area contributed by atoms with Crippen molar-refractivity contribution in [1.29, 1.82) is 0 Å². The van der Waals surface area contributed by atoms with Gasteiger partial charge in [-0.15, -0.1) is 0 Å². The molecular formula is C38H73N5O6. The summed E-state index contributed by atoms with van der Waals surface area (Å²) in [5.41, 5.74) is -1.20. The number of nitrogens with one attached hydrogen (secondary N) is 1. The van der Waals surface area contributed by atoms with Crippen molar-refractivity contribution in [1.82, 2.24) is 24.9 Å². The quantitative estimate of drug-likeness (QED) is 0.220. The minimum Gasteiger partial charge on any atom is -0.390 e. The maximum atomic E-state index is 14.4. The number of aliphatic hydroxyl groups is 1. The van der Waals surface area contributed by atoms with E-state index in [4.69, 9.17) is 0 Å². The van der Waals surface area contributed by atoms with E-state index in [1.807, 2.05) is 67.5 Å². The number of allylic oxidation sites excluding steroid dienone is 2. The molecule has 0 bridgehead atoms. The topological polar surface area (TPSA) is 131 Å². The minimum atomic E-state index is -1.35. The van der Waals surface area contributed by atoms with Crippen molar-refractivity contribution in [2.75, 3.05) is 28.2 Å². The van der Waals surface area contributed by atoms with Crippen LogP contribution in [0.5, 0.6) is 0 Å². The van der Waals surface area contributed by atoms with Gasteiger partial charge in [0.05, 0.1) is 6.10 Å². The molecular weight excluding hydrogens is 622 g/mol. The molecule has 0 aromatic rings. The molecule has 0 radical (unpaired) electrons. The average Bonchev–Trinajstić information content (AvgIpc) is 2.97. The predicted molar refractivity (Wildman–Crippen MR) is 199 cm³/mol. The van der Waals surface area contributed by atoms with Crippen LogP contribution in [0.2, 0.25) is 0 Å². The van der Waals surface area contributed by atoms with E-state index in [0.29, 0.717) is 19.3 Å². The first-order valence-electron chi connectivity index (χ1n) is 17.4. The summed E-state index contributed by atoms with van der Waals surface area (Å²) >= 11 is 0. The molecule has 0 aromatic carbocycles. The van der Waals surface area contributed by atoms with Gasteiger partial charge in [-0.1, -0.05) is 81.9 Å². The van der Waals surface area contributed by atoms with E-state index < -0.39 is 59.0 Å². The van der Waals surface area contributed by atoms with E-state index in [2.05, 4.69) is 5.32 Å². The summed E-state index contributed by atoms with van der Waals surface area (Å²) in [6.45, 7) is 24.1. The number of amides is 5. The molecule has 5 amide bonds. The van der Waals surface area contributed by atoms with Crippen molar-refractivity contribution >= 4 is 29.5 Å². The van der Waals surface area contributed by atoms with Crippen molar-refractivity contribution in [3.8, 4) is 0 Å². The van der Waals surface area contributed by atoms with Gasteiger partial charge < -0.3 is 30.0 Å². The number of likely N-dealkylation sites (N-methyl/N-ethyl adjacent to an activating group) is 4. The summed E-state index contributed by atoms with van der Waals surface area (Å²) in [5, 5.41) is 14.4. The number of hydrogen-bond donors (Lipinski definition) is 2. The highest BCUT2D eigenvalue weighted by Gasteiger charge is 2.44. The summed E-state index contributed by atoms with van der Waals surface area (Å²) < 4.78 is 0. The first-order valence-corrected chi connectivity index (χ1v) is 17.4. The lowest BCUT2D eigenvalue weighted by Crippen LogP contribution is -2.63. The van der Waals surface area contributed by atoms with Crippen molar-refractivity contribution < 1.29 is 29.1 Å². The fraction of sp³-hybridized carbons (Fsp3) is 0.816. The van der Waals surface area contributed by atoms with Gasteiger partial charge in [-0.2, -0.15) is 0 Å². The van der Waals surface area contributed by atoms with Crippen LogP contribution in [-0.2, 0) is 24.0 Å². The largest absolute Gasteiger partial charge is 0.390 e. The Balaban J connectivity index is 0. The molecule has 0 spiro atoms. The second-order valence-corrected chi connectivity index (χ2v) is 16.2. The zero-order valence-electron chi connectivity index (χ0n) is 33.2. The summed E-state index contributed by atoms with van der Waals surface area (Å²) in [5.74, 6) is -2.73. The number of aliphatic hydroxyl groups excluding tert-OH is 1. The van der Waals surface area contributed by atoms with Gasteiger partial charge in [0.2, 0.25) is 29.5 Å². The van der Waals surface area contributed by atoms with E-state index in [-0.39, 0.29) is 37.0 Å². The number of carbonyl (C=O) groups is 5. The van der Waals surface area contributed by atoms with E-state index >= 15 is 0 Å². The molecule has 49 heavy (non-hydrogen) atoms. The monoisotopic (exact) mass is 696 g/mol. The first kappa shape index (κ1) is 48.2. The molecule has 0 saturated carbocycles. The molecule has 0 aliphatic heterocycles. The van der Waals surface area contributed by atoms with Gasteiger partial charge in [0.25, 0.3) is 0 Å². The highest BCUT2D eigenvalue weighted by atomic mass is 16.3. The molecule has 0 fully saturated rings. The van der Waals surface area contributed by atoms with Crippen molar-refractivity contribution in [2.24, 2.45) is 23.2 Å². The molecule has 0 aliphatic carbocycles. The standard InChI is InChI=1S/C37H69N5O6.CH4/c1-18-20-21-25(7)30(43)29(31(44)38-26(19-2)32(45)42(17)37(11,12)13)41(16)34(47)28(24(5)6)40(15)33(46)27(22-23(3)4)39(14)35(48)36(8,9)10;/h18,20,23-30,43H,19,21-22H2,1-17H3,(H,38,44);1H4/b20-18+;/t25-,26?,27+,28+,29+,30-;/m1./s1. The molecule has 6 atom stereocenters. The van der Waals surface area contributed by atoms with Crippen molar-refractivity contribution in [2.45, 2.75) is 153 Å². The zero-order valence-corrected chi connectivity index (χ0v) is 33.2. The Kier molecular flexibility index (Phi) is 19.7. The molecule has 11 nitrogen and oxygen atoms in total. The third-order valence-corrected chi connectivity index (χ3v) is 9.10. The fourth-order valence-electron chi connectivity index (χ4n) is 5.68.